The molecule has 2 N–H and O–H groups in total. The smallest absolute Gasteiger partial charge is 0.305 e. The number of pyridine rings is 1. The Kier molecular flexibility index (Phi) is 6.74. The number of carboxylic acid groups (broad SMARTS) is 1. The molecule has 162 valence electrons. The van der Waals surface area contributed by atoms with Crippen LogP contribution < -0.4 is 5.32 Å². The highest BCUT2D eigenvalue weighted by Crippen LogP contribution is 2.30. The van der Waals surface area contributed by atoms with Crippen LogP contribution in [-0.2, 0) is 20.9 Å². The number of nitrogens with zero attached hydrogens (tertiary/aromatic N) is 2. The van der Waals surface area contributed by atoms with Gasteiger partial charge in [0, 0.05) is 30.1 Å². The molecule has 0 aliphatic carbocycles. The van der Waals surface area contributed by atoms with Gasteiger partial charge in [-0.25, -0.2) is 4.39 Å². The van der Waals surface area contributed by atoms with Crippen LogP contribution in [0.5, 0.6) is 0 Å². The number of Topliss-reactive ketones (excluding diaryl/α,β-unsaturated/α-hetero) is 1. The van der Waals surface area contributed by atoms with Gasteiger partial charge in [0.15, 0.2) is 5.78 Å². The third-order valence-electron chi connectivity index (χ3n) is 5.22. The van der Waals surface area contributed by atoms with E-state index in [9.17, 15) is 23.6 Å². The lowest BCUT2D eigenvalue weighted by atomic mass is 10.0. The van der Waals surface area contributed by atoms with Crippen molar-refractivity contribution in [3.8, 4) is 11.1 Å². The molecule has 0 bridgehead atoms. The minimum Gasteiger partial charge on any atom is -0.481 e. The van der Waals surface area contributed by atoms with Crippen LogP contribution in [0.25, 0.3) is 11.1 Å². The van der Waals surface area contributed by atoms with Crippen molar-refractivity contribution in [2.75, 3.05) is 6.67 Å². The summed E-state index contributed by atoms with van der Waals surface area (Å²) in [4.78, 5) is 53.9. The molecule has 2 aromatic rings. The van der Waals surface area contributed by atoms with Gasteiger partial charge in [0.1, 0.15) is 18.8 Å². The molecule has 2 heterocycles. The average molecular weight is 427 g/mol. The summed E-state index contributed by atoms with van der Waals surface area (Å²) < 4.78 is 12.8. The van der Waals surface area contributed by atoms with Crippen molar-refractivity contribution in [2.45, 2.75) is 38.4 Å². The maximum absolute atomic E-state index is 13.0. The number of nitrogens with one attached hydrogen (secondary N) is 1. The number of halogens is 1. The SMILES string of the molecule is CCC(C(=O)NC(CC(=O)O)C(=O)CF)N1Cc2ccc(-c3cccnc3)cc2C1=O. The van der Waals surface area contributed by atoms with Crippen LogP contribution in [0.2, 0.25) is 0 Å². The van der Waals surface area contributed by atoms with Gasteiger partial charge in [-0.2, -0.15) is 0 Å². The number of aliphatic carboxylic acids is 1. The topological polar surface area (TPSA) is 117 Å². The first-order chi connectivity index (χ1) is 14.8. The maximum Gasteiger partial charge on any atom is 0.305 e. The van der Waals surface area contributed by atoms with Gasteiger partial charge in [-0.15, -0.1) is 0 Å². The summed E-state index contributed by atoms with van der Waals surface area (Å²) in [6, 6.07) is 6.70. The van der Waals surface area contributed by atoms with Crippen molar-refractivity contribution >= 4 is 23.6 Å². The van der Waals surface area contributed by atoms with E-state index in [-0.39, 0.29) is 18.9 Å². The number of carbonyl (C=O) groups excluding carboxylic acids is 3. The highest BCUT2D eigenvalue weighted by atomic mass is 19.1. The first-order valence-electron chi connectivity index (χ1n) is 9.80. The van der Waals surface area contributed by atoms with Crippen LogP contribution in [0.3, 0.4) is 0 Å². The van der Waals surface area contributed by atoms with Crippen molar-refractivity contribution in [2.24, 2.45) is 0 Å². The molecular weight excluding hydrogens is 405 g/mol. The quantitative estimate of drug-likeness (QED) is 0.632. The second kappa shape index (κ2) is 9.46. The predicted molar refractivity (Wildman–Crippen MR) is 109 cm³/mol. The standard InChI is InChI=1S/C22H22FN3O5/c1-2-18(21(30)25-17(9-20(28)29)19(27)10-23)26-12-15-6-5-13(8-16(15)22(26)31)14-4-3-7-24-11-14/h3-8,11,17-18H,2,9-10,12H2,1H3,(H,25,30)(H,28,29). The Morgan fingerprint density at radius 2 is 2.03 bits per heavy atom. The van der Waals surface area contributed by atoms with E-state index < -0.39 is 42.8 Å². The van der Waals surface area contributed by atoms with Gasteiger partial charge < -0.3 is 15.3 Å². The van der Waals surface area contributed by atoms with E-state index in [4.69, 9.17) is 5.11 Å². The molecule has 9 heteroatoms. The first-order valence-corrected chi connectivity index (χ1v) is 9.80. The minimum atomic E-state index is -1.48. The maximum atomic E-state index is 13.0. The summed E-state index contributed by atoms with van der Waals surface area (Å²) in [5, 5.41) is 11.2. The number of aromatic nitrogens is 1. The second-order valence-corrected chi connectivity index (χ2v) is 7.23. The Labute approximate surface area is 178 Å². The van der Waals surface area contributed by atoms with Gasteiger partial charge >= 0.3 is 5.97 Å². The van der Waals surface area contributed by atoms with Crippen molar-refractivity contribution < 1.29 is 28.7 Å². The number of rotatable bonds is 9. The summed E-state index contributed by atoms with van der Waals surface area (Å²) in [5.41, 5.74) is 2.89. The lowest BCUT2D eigenvalue weighted by Crippen LogP contribution is -2.52. The second-order valence-electron chi connectivity index (χ2n) is 7.23. The molecule has 3 rings (SSSR count). The number of alkyl halides is 1. The molecule has 0 saturated carbocycles. The lowest BCUT2D eigenvalue weighted by Gasteiger charge is -2.27. The number of hydrogen-bond donors (Lipinski definition) is 2. The highest BCUT2D eigenvalue weighted by Gasteiger charge is 2.37. The van der Waals surface area contributed by atoms with Crippen LogP contribution in [0.1, 0.15) is 35.7 Å². The zero-order chi connectivity index (χ0) is 22.5. The summed E-state index contributed by atoms with van der Waals surface area (Å²) in [6.45, 7) is 0.513. The van der Waals surface area contributed by atoms with E-state index in [0.29, 0.717) is 5.56 Å². The van der Waals surface area contributed by atoms with Gasteiger partial charge in [0.2, 0.25) is 5.91 Å². The molecule has 1 aromatic carbocycles. The zero-order valence-corrected chi connectivity index (χ0v) is 16.9. The molecule has 2 atom stereocenters. The van der Waals surface area contributed by atoms with Crippen LogP contribution in [0.15, 0.2) is 42.7 Å². The molecule has 0 fully saturated rings. The van der Waals surface area contributed by atoms with Gasteiger partial charge in [0.25, 0.3) is 5.91 Å². The first kappa shape index (κ1) is 22.1. The molecule has 2 amide bonds. The van der Waals surface area contributed by atoms with Crippen molar-refractivity contribution in [3.63, 3.8) is 0 Å². The molecule has 1 aliphatic heterocycles. The molecule has 1 aromatic heterocycles. The fraction of sp³-hybridized carbons (Fsp3) is 0.318. The van der Waals surface area contributed by atoms with Crippen molar-refractivity contribution in [1.82, 2.24) is 15.2 Å². The summed E-state index contributed by atoms with van der Waals surface area (Å²) >= 11 is 0. The van der Waals surface area contributed by atoms with Gasteiger partial charge in [-0.05, 0) is 29.7 Å². The Bertz CT molecular complexity index is 1010. The molecule has 0 saturated heterocycles. The monoisotopic (exact) mass is 427 g/mol. The van der Waals surface area contributed by atoms with Crippen LogP contribution >= 0.6 is 0 Å². The highest BCUT2D eigenvalue weighted by molar-refractivity contribution is 6.02. The number of fused-ring (bicyclic) bond motifs is 1. The summed E-state index contributed by atoms with van der Waals surface area (Å²) in [5.74, 6) is -3.39. The van der Waals surface area contributed by atoms with Gasteiger partial charge in [-0.3, -0.25) is 24.2 Å². The van der Waals surface area contributed by atoms with E-state index in [1.165, 1.54) is 4.90 Å². The minimum absolute atomic E-state index is 0.202. The molecular formula is C22H22FN3O5. The Morgan fingerprint density at radius 1 is 1.26 bits per heavy atom. The van der Waals surface area contributed by atoms with Crippen LogP contribution in [0, 0.1) is 0 Å². The van der Waals surface area contributed by atoms with E-state index in [1.54, 1.807) is 31.5 Å². The Hall–Kier alpha value is -3.62. The number of benzene rings is 1. The number of amides is 2. The van der Waals surface area contributed by atoms with Crippen LogP contribution in [0.4, 0.5) is 4.39 Å². The summed E-state index contributed by atoms with van der Waals surface area (Å²) in [7, 11) is 0. The zero-order valence-electron chi connectivity index (χ0n) is 16.9. The van der Waals surface area contributed by atoms with E-state index in [1.807, 2.05) is 18.2 Å². The van der Waals surface area contributed by atoms with E-state index in [0.717, 1.165) is 16.7 Å². The third kappa shape index (κ3) is 4.76. The molecule has 2 unspecified atom stereocenters. The number of hydrogen-bond acceptors (Lipinski definition) is 5. The molecule has 0 radical (unpaired) electrons. The van der Waals surface area contributed by atoms with E-state index >= 15 is 0 Å². The van der Waals surface area contributed by atoms with Crippen LogP contribution in [-0.4, -0.2) is 57.3 Å². The predicted octanol–water partition coefficient (Wildman–Crippen LogP) is 1.98. The normalized spacial score (nSPS) is 14.6. The molecule has 31 heavy (non-hydrogen) atoms. The fourth-order valence-electron chi connectivity index (χ4n) is 3.62. The van der Waals surface area contributed by atoms with Crippen molar-refractivity contribution in [1.29, 1.82) is 0 Å². The van der Waals surface area contributed by atoms with Gasteiger partial charge in [0.05, 0.1) is 6.42 Å². The Balaban J connectivity index is 1.80. The van der Waals surface area contributed by atoms with E-state index in [2.05, 4.69) is 10.3 Å². The number of carbonyl (C=O) groups is 4. The molecule has 1 aliphatic rings. The third-order valence-corrected chi connectivity index (χ3v) is 5.22. The number of carboxylic acids is 1. The lowest BCUT2D eigenvalue weighted by molar-refractivity contribution is -0.140. The average Bonchev–Trinajstić information content (AvgIpc) is 3.09. The van der Waals surface area contributed by atoms with Gasteiger partial charge in [-0.1, -0.05) is 25.1 Å². The number of ketones is 1. The van der Waals surface area contributed by atoms with Crippen molar-refractivity contribution in [3.05, 3.63) is 53.9 Å². The largest absolute Gasteiger partial charge is 0.481 e. The molecule has 8 nitrogen and oxygen atoms in total. The fourth-order valence-corrected chi connectivity index (χ4v) is 3.62. The Morgan fingerprint density at radius 3 is 2.65 bits per heavy atom. The molecule has 0 spiro atoms. The summed E-state index contributed by atoms with van der Waals surface area (Å²) in [6.07, 6.45) is 2.85.